The number of para-hydroxylation sites is 1. The quantitative estimate of drug-likeness (QED) is 0.604. The monoisotopic (exact) mass is 390 g/mol. The van der Waals surface area contributed by atoms with Gasteiger partial charge in [0.05, 0.1) is 22.8 Å². The molecule has 1 heterocycles. The summed E-state index contributed by atoms with van der Waals surface area (Å²) in [4.78, 5) is 24.8. The molecule has 0 unspecified atom stereocenters. The lowest BCUT2D eigenvalue weighted by molar-refractivity contribution is -0.116. The van der Waals surface area contributed by atoms with Crippen LogP contribution in [0.1, 0.15) is 47.9 Å². The lowest BCUT2D eigenvalue weighted by Gasteiger charge is -2.09. The molecule has 0 atom stereocenters. The molecule has 3 rings (SSSR count). The van der Waals surface area contributed by atoms with E-state index in [1.165, 1.54) is 0 Å². The third kappa shape index (κ3) is 4.90. The molecule has 0 saturated heterocycles. The second-order valence-corrected chi connectivity index (χ2v) is 6.98. The van der Waals surface area contributed by atoms with Crippen LogP contribution in [0.25, 0.3) is 5.69 Å². The fourth-order valence-corrected chi connectivity index (χ4v) is 3.13. The average Bonchev–Trinajstić information content (AvgIpc) is 3.01. The molecule has 0 aliphatic rings. The Balaban J connectivity index is 1.77. The van der Waals surface area contributed by atoms with Crippen molar-refractivity contribution in [3.63, 3.8) is 0 Å². The number of hydrogen-bond donors (Lipinski definition) is 2. The fraction of sp³-hybridized carbons (Fsp3) is 0.261. The minimum Gasteiger partial charge on any atom is -0.326 e. The second kappa shape index (κ2) is 9.19. The lowest BCUT2D eigenvalue weighted by atomic mass is 10.1. The zero-order chi connectivity index (χ0) is 20.8. The molecule has 0 aliphatic heterocycles. The molecule has 0 saturated carbocycles. The molecule has 0 radical (unpaired) electrons. The summed E-state index contributed by atoms with van der Waals surface area (Å²) in [5.41, 5.74) is 4.31. The van der Waals surface area contributed by atoms with E-state index in [1.807, 2.05) is 55.8 Å². The first-order valence-electron chi connectivity index (χ1n) is 9.82. The van der Waals surface area contributed by atoms with Gasteiger partial charge in [0.2, 0.25) is 5.91 Å². The number of carbonyl (C=O) groups excluding carboxylic acids is 2. The zero-order valence-electron chi connectivity index (χ0n) is 17.0. The van der Waals surface area contributed by atoms with Crippen molar-refractivity contribution in [1.29, 1.82) is 0 Å². The Morgan fingerprint density at radius 1 is 1.00 bits per heavy atom. The molecule has 0 aliphatic carbocycles. The summed E-state index contributed by atoms with van der Waals surface area (Å²) in [6.07, 6.45) is 2.28. The molecular formula is C23H26N4O2. The van der Waals surface area contributed by atoms with Crippen molar-refractivity contribution in [2.75, 3.05) is 10.6 Å². The van der Waals surface area contributed by atoms with Crippen molar-refractivity contribution >= 4 is 23.2 Å². The van der Waals surface area contributed by atoms with Gasteiger partial charge in [-0.05, 0) is 50.6 Å². The van der Waals surface area contributed by atoms with Crippen LogP contribution in [0.4, 0.5) is 11.4 Å². The third-order valence-electron chi connectivity index (χ3n) is 4.70. The Morgan fingerprint density at radius 3 is 2.48 bits per heavy atom. The van der Waals surface area contributed by atoms with Gasteiger partial charge in [0.1, 0.15) is 0 Å². The van der Waals surface area contributed by atoms with Crippen molar-refractivity contribution in [1.82, 2.24) is 9.78 Å². The average molecular weight is 390 g/mol. The number of aromatic nitrogens is 2. The van der Waals surface area contributed by atoms with Crippen LogP contribution in [0.15, 0.2) is 54.6 Å². The molecule has 2 aromatic carbocycles. The van der Waals surface area contributed by atoms with E-state index < -0.39 is 0 Å². The van der Waals surface area contributed by atoms with Crippen LogP contribution < -0.4 is 10.6 Å². The molecule has 2 N–H and O–H groups in total. The Morgan fingerprint density at radius 2 is 1.76 bits per heavy atom. The minimum absolute atomic E-state index is 0.0414. The molecule has 1 aromatic heterocycles. The highest BCUT2D eigenvalue weighted by Crippen LogP contribution is 2.24. The van der Waals surface area contributed by atoms with Crippen molar-refractivity contribution in [3.8, 4) is 5.69 Å². The van der Waals surface area contributed by atoms with Crippen LogP contribution >= 0.6 is 0 Å². The van der Waals surface area contributed by atoms with Gasteiger partial charge in [-0.25, -0.2) is 4.68 Å². The Hall–Kier alpha value is -3.41. The molecular weight excluding hydrogens is 364 g/mol. The molecule has 6 nitrogen and oxygen atoms in total. The van der Waals surface area contributed by atoms with Crippen LogP contribution in [0.5, 0.6) is 0 Å². The molecule has 6 heteroatoms. The van der Waals surface area contributed by atoms with E-state index >= 15 is 0 Å². The SMILES string of the molecule is CCCCC(=O)Nc1cccc(C(=O)Nc2c(C)nn(-c3ccccc3)c2C)c1. The first-order valence-corrected chi connectivity index (χ1v) is 9.82. The summed E-state index contributed by atoms with van der Waals surface area (Å²) in [5.74, 6) is -0.284. The molecule has 150 valence electrons. The highest BCUT2D eigenvalue weighted by Gasteiger charge is 2.16. The Kier molecular flexibility index (Phi) is 6.44. The summed E-state index contributed by atoms with van der Waals surface area (Å²) >= 11 is 0. The molecule has 0 fully saturated rings. The number of benzene rings is 2. The predicted octanol–water partition coefficient (Wildman–Crippen LogP) is 4.87. The van der Waals surface area contributed by atoms with E-state index in [2.05, 4.69) is 15.7 Å². The van der Waals surface area contributed by atoms with E-state index in [1.54, 1.807) is 24.3 Å². The molecule has 29 heavy (non-hydrogen) atoms. The topological polar surface area (TPSA) is 76.0 Å². The van der Waals surface area contributed by atoms with Gasteiger partial charge in [0.25, 0.3) is 5.91 Å². The number of hydrogen-bond acceptors (Lipinski definition) is 3. The number of carbonyl (C=O) groups is 2. The third-order valence-corrected chi connectivity index (χ3v) is 4.70. The van der Waals surface area contributed by atoms with Gasteiger partial charge in [0.15, 0.2) is 0 Å². The van der Waals surface area contributed by atoms with Gasteiger partial charge in [-0.2, -0.15) is 5.10 Å². The molecule has 0 bridgehead atoms. The summed E-state index contributed by atoms with van der Waals surface area (Å²) in [6, 6.07) is 16.7. The summed E-state index contributed by atoms with van der Waals surface area (Å²) in [6.45, 7) is 5.83. The van der Waals surface area contributed by atoms with E-state index in [4.69, 9.17) is 0 Å². The maximum absolute atomic E-state index is 12.8. The molecule has 0 spiro atoms. The molecule has 2 amide bonds. The van der Waals surface area contributed by atoms with Crippen LogP contribution in [0.2, 0.25) is 0 Å². The highest BCUT2D eigenvalue weighted by molar-refractivity contribution is 6.06. The highest BCUT2D eigenvalue weighted by atomic mass is 16.2. The standard InChI is InChI=1S/C23H26N4O2/c1-4-5-14-21(28)24-19-11-9-10-18(15-19)23(29)25-22-16(2)26-27(17(22)3)20-12-7-6-8-13-20/h6-13,15H,4-5,14H2,1-3H3,(H,24,28)(H,25,29). The Labute approximate surface area is 170 Å². The molecule has 3 aromatic rings. The van der Waals surface area contributed by atoms with Gasteiger partial charge >= 0.3 is 0 Å². The number of anilines is 2. The number of unbranched alkanes of at least 4 members (excludes halogenated alkanes) is 1. The van der Waals surface area contributed by atoms with Gasteiger partial charge in [-0.1, -0.05) is 37.6 Å². The second-order valence-electron chi connectivity index (χ2n) is 6.98. The smallest absolute Gasteiger partial charge is 0.255 e. The lowest BCUT2D eigenvalue weighted by Crippen LogP contribution is -2.15. The van der Waals surface area contributed by atoms with Crippen LogP contribution in [0, 0.1) is 13.8 Å². The van der Waals surface area contributed by atoms with E-state index in [9.17, 15) is 9.59 Å². The number of aryl methyl sites for hydroxylation is 1. The first kappa shape index (κ1) is 20.3. The normalized spacial score (nSPS) is 10.6. The van der Waals surface area contributed by atoms with Crippen molar-refractivity contribution in [2.24, 2.45) is 0 Å². The first-order chi connectivity index (χ1) is 14.0. The number of rotatable bonds is 7. The summed E-state index contributed by atoms with van der Waals surface area (Å²) in [7, 11) is 0. The maximum Gasteiger partial charge on any atom is 0.255 e. The summed E-state index contributed by atoms with van der Waals surface area (Å²) < 4.78 is 1.81. The van der Waals surface area contributed by atoms with E-state index in [0.717, 1.165) is 29.9 Å². The number of amides is 2. The number of nitrogens with zero attached hydrogens (tertiary/aromatic N) is 2. The van der Waals surface area contributed by atoms with Gasteiger partial charge < -0.3 is 10.6 Å². The van der Waals surface area contributed by atoms with Gasteiger partial charge in [0, 0.05) is 17.7 Å². The van der Waals surface area contributed by atoms with Crippen LogP contribution in [-0.2, 0) is 4.79 Å². The van der Waals surface area contributed by atoms with Gasteiger partial charge in [-0.15, -0.1) is 0 Å². The van der Waals surface area contributed by atoms with Crippen LogP contribution in [0.3, 0.4) is 0 Å². The predicted molar refractivity (Wildman–Crippen MR) is 116 cm³/mol. The van der Waals surface area contributed by atoms with Crippen molar-refractivity contribution in [2.45, 2.75) is 40.0 Å². The maximum atomic E-state index is 12.8. The van der Waals surface area contributed by atoms with E-state index in [0.29, 0.717) is 23.4 Å². The van der Waals surface area contributed by atoms with Crippen molar-refractivity contribution in [3.05, 3.63) is 71.5 Å². The van der Waals surface area contributed by atoms with E-state index in [-0.39, 0.29) is 11.8 Å². The largest absolute Gasteiger partial charge is 0.326 e. The number of nitrogens with one attached hydrogen (secondary N) is 2. The van der Waals surface area contributed by atoms with Gasteiger partial charge in [-0.3, -0.25) is 9.59 Å². The fourth-order valence-electron chi connectivity index (χ4n) is 3.13. The summed E-state index contributed by atoms with van der Waals surface area (Å²) in [5, 5.41) is 10.4. The Bertz CT molecular complexity index is 1010. The zero-order valence-corrected chi connectivity index (χ0v) is 17.0. The minimum atomic E-state index is -0.242. The van der Waals surface area contributed by atoms with Crippen molar-refractivity contribution < 1.29 is 9.59 Å². The van der Waals surface area contributed by atoms with Crippen LogP contribution in [-0.4, -0.2) is 21.6 Å².